The minimum absolute atomic E-state index is 0.0519. The van der Waals surface area contributed by atoms with Crippen molar-refractivity contribution in [2.45, 2.75) is 63.1 Å². The van der Waals surface area contributed by atoms with E-state index >= 15 is 0 Å². The zero-order valence-electron chi connectivity index (χ0n) is 20.5. The fourth-order valence-corrected chi connectivity index (χ4v) is 5.02. The van der Waals surface area contributed by atoms with Gasteiger partial charge in [-0.25, -0.2) is 9.59 Å². The van der Waals surface area contributed by atoms with Crippen LogP contribution in [0.2, 0.25) is 0 Å². The molecule has 1 unspecified atom stereocenters. The summed E-state index contributed by atoms with van der Waals surface area (Å²) in [5, 5.41) is 18.6. The van der Waals surface area contributed by atoms with Gasteiger partial charge in [-0.15, -0.1) is 0 Å². The summed E-state index contributed by atoms with van der Waals surface area (Å²) in [4.78, 5) is 39.3. The molecule has 1 spiro atoms. The van der Waals surface area contributed by atoms with Crippen LogP contribution in [0.25, 0.3) is 0 Å². The van der Waals surface area contributed by atoms with Crippen LogP contribution >= 0.6 is 11.3 Å². The van der Waals surface area contributed by atoms with Crippen molar-refractivity contribution in [3.05, 3.63) is 52.5 Å². The van der Waals surface area contributed by atoms with E-state index in [0.717, 1.165) is 44.5 Å². The van der Waals surface area contributed by atoms with Crippen LogP contribution in [0.4, 0.5) is 26.3 Å². The van der Waals surface area contributed by atoms with Crippen molar-refractivity contribution in [2.75, 3.05) is 13.1 Å². The fraction of sp³-hybridized carbons (Fsp3) is 0.500. The molecule has 1 amide bonds. The van der Waals surface area contributed by atoms with Gasteiger partial charge in [0.25, 0.3) is 0 Å². The minimum atomic E-state index is -5.08. The summed E-state index contributed by atoms with van der Waals surface area (Å²) in [6.45, 7) is 3.95. The van der Waals surface area contributed by atoms with Crippen molar-refractivity contribution in [3.63, 3.8) is 0 Å². The summed E-state index contributed by atoms with van der Waals surface area (Å²) >= 11 is 1.77. The summed E-state index contributed by atoms with van der Waals surface area (Å²) in [7, 11) is 0. The Morgan fingerprint density at radius 2 is 1.59 bits per heavy atom. The molecule has 2 aromatic rings. The van der Waals surface area contributed by atoms with Crippen molar-refractivity contribution in [1.29, 1.82) is 0 Å². The van der Waals surface area contributed by atoms with Crippen LogP contribution in [0.15, 0.2) is 41.4 Å². The number of amides is 1. The van der Waals surface area contributed by atoms with Crippen molar-refractivity contribution >= 4 is 29.2 Å². The SMILES string of the molecule is O=C(O)C(F)(F)F.O=C(O)C(F)(F)F.O=C1CCC2(CCCN(Cc3ccsc3)CC2)N1Cc1cccnc1. The van der Waals surface area contributed by atoms with Crippen LogP contribution in [0.5, 0.6) is 0 Å². The van der Waals surface area contributed by atoms with Gasteiger partial charge in [0.15, 0.2) is 0 Å². The van der Waals surface area contributed by atoms with Gasteiger partial charge in [0.2, 0.25) is 5.91 Å². The Hall–Kier alpha value is -3.20. The van der Waals surface area contributed by atoms with Crippen molar-refractivity contribution in [1.82, 2.24) is 14.8 Å². The number of halogens is 6. The van der Waals surface area contributed by atoms with E-state index in [1.54, 1.807) is 17.5 Å². The second kappa shape index (κ2) is 13.7. The zero-order chi connectivity index (χ0) is 29.3. The number of carbonyl (C=O) groups excluding carboxylic acids is 1. The Morgan fingerprint density at radius 1 is 0.949 bits per heavy atom. The fourth-order valence-electron chi connectivity index (χ4n) is 4.36. The highest BCUT2D eigenvalue weighted by Crippen LogP contribution is 2.40. The molecule has 0 radical (unpaired) electrons. The molecule has 2 aliphatic heterocycles. The molecular formula is C24H27F6N3O5S. The number of hydrogen-bond donors (Lipinski definition) is 2. The van der Waals surface area contributed by atoms with Gasteiger partial charge < -0.3 is 15.1 Å². The molecule has 4 rings (SSSR count). The average Bonchev–Trinajstić information content (AvgIpc) is 3.40. The van der Waals surface area contributed by atoms with E-state index in [1.807, 2.05) is 12.3 Å². The van der Waals surface area contributed by atoms with E-state index in [4.69, 9.17) is 19.8 Å². The number of aromatic nitrogens is 1. The van der Waals surface area contributed by atoms with E-state index in [0.29, 0.717) is 18.9 Å². The highest BCUT2D eigenvalue weighted by atomic mass is 32.1. The highest BCUT2D eigenvalue weighted by molar-refractivity contribution is 7.07. The molecule has 2 fully saturated rings. The van der Waals surface area contributed by atoms with E-state index in [-0.39, 0.29) is 5.54 Å². The maximum absolute atomic E-state index is 12.6. The Morgan fingerprint density at radius 3 is 2.10 bits per heavy atom. The Kier molecular flexibility index (Phi) is 11.3. The maximum atomic E-state index is 12.6. The number of hydrogen-bond acceptors (Lipinski definition) is 6. The first-order valence-corrected chi connectivity index (χ1v) is 12.6. The van der Waals surface area contributed by atoms with Gasteiger partial charge in [0, 0.05) is 44.0 Å². The highest BCUT2D eigenvalue weighted by Gasteiger charge is 2.45. The predicted molar refractivity (Wildman–Crippen MR) is 128 cm³/mol. The summed E-state index contributed by atoms with van der Waals surface area (Å²) < 4.78 is 63.5. The molecule has 216 valence electrons. The lowest BCUT2D eigenvalue weighted by atomic mass is 9.87. The summed E-state index contributed by atoms with van der Waals surface area (Å²) in [5.41, 5.74) is 2.60. The third-order valence-corrected chi connectivity index (χ3v) is 6.95. The number of carboxylic acids is 2. The van der Waals surface area contributed by atoms with Gasteiger partial charge in [-0.3, -0.25) is 14.7 Å². The van der Waals surface area contributed by atoms with E-state index in [2.05, 4.69) is 37.7 Å². The Balaban J connectivity index is 0.000000317. The van der Waals surface area contributed by atoms with Crippen LogP contribution in [-0.2, 0) is 27.5 Å². The second-order valence-corrected chi connectivity index (χ2v) is 9.71. The van der Waals surface area contributed by atoms with E-state index in [9.17, 15) is 31.1 Å². The molecule has 8 nitrogen and oxygen atoms in total. The molecule has 0 saturated carbocycles. The number of alkyl halides is 6. The summed E-state index contributed by atoms with van der Waals surface area (Å²) in [6.07, 6.45) is -1.40. The normalized spacial score (nSPS) is 19.9. The number of rotatable bonds is 4. The topological polar surface area (TPSA) is 111 Å². The maximum Gasteiger partial charge on any atom is 0.490 e. The lowest BCUT2D eigenvalue weighted by Gasteiger charge is -2.38. The number of thiophene rings is 1. The number of nitrogens with zero attached hydrogens (tertiary/aromatic N) is 3. The first-order chi connectivity index (χ1) is 18.1. The second-order valence-electron chi connectivity index (χ2n) is 8.93. The van der Waals surface area contributed by atoms with Gasteiger partial charge in [0.1, 0.15) is 0 Å². The predicted octanol–water partition coefficient (Wildman–Crippen LogP) is 4.96. The quantitative estimate of drug-likeness (QED) is 0.490. The van der Waals surface area contributed by atoms with Gasteiger partial charge in [-0.2, -0.15) is 37.7 Å². The first kappa shape index (κ1) is 32.0. The number of aliphatic carboxylic acids is 2. The number of pyridine rings is 1. The van der Waals surface area contributed by atoms with Gasteiger partial charge in [-0.1, -0.05) is 6.07 Å². The Bertz CT molecular complexity index is 1060. The third-order valence-electron chi connectivity index (χ3n) is 6.22. The van der Waals surface area contributed by atoms with E-state index < -0.39 is 24.3 Å². The molecule has 2 N–H and O–H groups in total. The first-order valence-electron chi connectivity index (χ1n) is 11.7. The van der Waals surface area contributed by atoms with Crippen LogP contribution < -0.4 is 0 Å². The van der Waals surface area contributed by atoms with Crippen molar-refractivity contribution < 1.29 is 50.9 Å². The molecule has 2 aromatic heterocycles. The van der Waals surface area contributed by atoms with Crippen LogP contribution in [0, 0.1) is 0 Å². The molecule has 1 atom stereocenters. The molecule has 15 heteroatoms. The molecule has 0 aromatic carbocycles. The van der Waals surface area contributed by atoms with Crippen LogP contribution in [0.3, 0.4) is 0 Å². The van der Waals surface area contributed by atoms with Gasteiger partial charge in [-0.05, 0) is 66.2 Å². The van der Waals surface area contributed by atoms with Crippen molar-refractivity contribution in [3.8, 4) is 0 Å². The number of carbonyl (C=O) groups is 3. The monoisotopic (exact) mass is 583 g/mol. The largest absolute Gasteiger partial charge is 0.490 e. The molecule has 0 aliphatic carbocycles. The molecule has 4 heterocycles. The molecule has 0 bridgehead atoms. The lowest BCUT2D eigenvalue weighted by Crippen LogP contribution is -2.45. The van der Waals surface area contributed by atoms with Crippen LogP contribution in [0.1, 0.15) is 43.2 Å². The standard InChI is InChI=1S/C20H25N3OS.2C2HF3O2/c24-19-4-7-20(23(19)15-17-3-1-9-21-13-17)6-2-10-22(11-8-20)14-18-5-12-25-16-18;2*3-2(4,5)1(6)7/h1,3,5,9,12-13,16H,2,4,6-8,10-11,14-15H2;2*(H,6,7). The number of likely N-dealkylation sites (tertiary alicyclic amines) is 2. The van der Waals surface area contributed by atoms with Crippen LogP contribution in [-0.4, -0.2) is 73.8 Å². The van der Waals surface area contributed by atoms with E-state index in [1.165, 1.54) is 12.0 Å². The molecular weight excluding hydrogens is 556 g/mol. The molecule has 2 saturated heterocycles. The summed E-state index contributed by atoms with van der Waals surface area (Å²) in [6, 6.07) is 6.25. The minimum Gasteiger partial charge on any atom is -0.475 e. The lowest BCUT2D eigenvalue weighted by molar-refractivity contribution is -0.193. The summed E-state index contributed by atoms with van der Waals surface area (Å²) in [5.74, 6) is -5.20. The number of carboxylic acid groups (broad SMARTS) is 2. The average molecular weight is 584 g/mol. The zero-order valence-corrected chi connectivity index (χ0v) is 21.4. The third kappa shape index (κ3) is 10.1. The van der Waals surface area contributed by atoms with Crippen molar-refractivity contribution in [2.24, 2.45) is 0 Å². The van der Waals surface area contributed by atoms with Gasteiger partial charge in [0.05, 0.1) is 0 Å². The molecule has 39 heavy (non-hydrogen) atoms. The Labute approximate surface area is 223 Å². The molecule has 2 aliphatic rings. The smallest absolute Gasteiger partial charge is 0.475 e. The van der Waals surface area contributed by atoms with Gasteiger partial charge >= 0.3 is 24.3 Å².